The molecule has 1 rings (SSSR count). The molecule has 4 heteroatoms. The van der Waals surface area contributed by atoms with Crippen LogP contribution in [-0.2, 0) is 4.79 Å². The van der Waals surface area contributed by atoms with Crippen LogP contribution < -0.4 is 0 Å². The Labute approximate surface area is 82.2 Å². The van der Waals surface area contributed by atoms with Gasteiger partial charge in [0.1, 0.15) is 0 Å². The fourth-order valence-corrected chi connectivity index (χ4v) is 0.778. The van der Waals surface area contributed by atoms with Gasteiger partial charge in [-0.25, -0.2) is 4.79 Å². The summed E-state index contributed by atoms with van der Waals surface area (Å²) in [4.78, 5) is 10.2. The number of aliphatic carboxylic acids is 1. The molecule has 0 heterocycles. The average Bonchev–Trinajstić information content (AvgIpc) is 2.05. The molecule has 0 fully saturated rings. The molecule has 0 saturated heterocycles. The Hall–Kier alpha value is -0.753. The molecule has 0 unspecified atom stereocenters. The minimum absolute atomic E-state index is 0. The van der Waals surface area contributed by atoms with Gasteiger partial charge in [-0.15, -0.1) is 0 Å². The van der Waals surface area contributed by atoms with Crippen molar-refractivity contribution in [3.05, 3.63) is 35.9 Å². The number of rotatable bonds is 2. The van der Waals surface area contributed by atoms with Crippen molar-refractivity contribution >= 4 is 24.8 Å². The van der Waals surface area contributed by atoms with Gasteiger partial charge < -0.3 is 10.2 Å². The molecule has 12 heavy (non-hydrogen) atoms. The fourth-order valence-electron chi connectivity index (χ4n) is 0.778. The van der Waals surface area contributed by atoms with E-state index in [9.17, 15) is 4.79 Å². The third kappa shape index (κ3) is 2.71. The summed E-state index contributed by atoms with van der Waals surface area (Å²) in [6.45, 7) is 0. The summed E-state index contributed by atoms with van der Waals surface area (Å²) in [5.41, 5.74) is 0.403. The predicted octanol–water partition coefficient (Wildman–Crippen LogP) is 0.156. The molecule has 0 aliphatic heterocycles. The average molecular weight is 160 g/mol. The Morgan fingerprint density at radius 1 is 1.25 bits per heavy atom. The third-order valence-corrected chi connectivity index (χ3v) is 1.35. The first-order chi connectivity index (χ1) is 5.22. The fraction of sp³-hybridized carbons (Fsp3) is 0.125. The van der Waals surface area contributed by atoms with Crippen molar-refractivity contribution in [2.75, 3.05) is 0 Å². The van der Waals surface area contributed by atoms with Crippen molar-refractivity contribution in [1.82, 2.24) is 0 Å². The van der Waals surface area contributed by atoms with E-state index >= 15 is 0 Å². The van der Waals surface area contributed by atoms with Gasteiger partial charge in [-0.05, 0) is 5.56 Å². The van der Waals surface area contributed by atoms with Gasteiger partial charge in [-0.1, -0.05) is 30.3 Å². The van der Waals surface area contributed by atoms with E-state index in [4.69, 9.17) is 10.2 Å². The number of carbonyl (C=O) groups is 1. The van der Waals surface area contributed by atoms with Crippen LogP contribution in [0.5, 0.6) is 0 Å². The van der Waals surface area contributed by atoms with Crippen LogP contribution in [0.25, 0.3) is 0 Å². The van der Waals surface area contributed by atoms with Crippen molar-refractivity contribution in [2.24, 2.45) is 0 Å². The quantitative estimate of drug-likeness (QED) is 0.605. The maximum absolute atomic E-state index is 10.2. The summed E-state index contributed by atoms with van der Waals surface area (Å²) in [6.07, 6.45) is -1.41. The monoisotopic (exact) mass is 160 g/mol. The Morgan fingerprint density at radius 3 is 2.17 bits per heavy atom. The number of benzene rings is 1. The first kappa shape index (κ1) is 11.2. The molecule has 0 bridgehead atoms. The molecular weight excluding hydrogens is 151 g/mol. The molecule has 0 amide bonds. The van der Waals surface area contributed by atoms with E-state index in [2.05, 4.69) is 0 Å². The second kappa shape index (κ2) is 4.99. The Kier molecular flexibility index (Phi) is 4.68. The van der Waals surface area contributed by atoms with Crippen LogP contribution in [0.1, 0.15) is 11.7 Å². The standard InChI is InChI=1S/C8H8O3.Li.H/c9-7(8(10)11)6-4-2-1-3-5-6;;/h1-5,7,9H,(H,10,11);;/t7-;;/m1../s1. The molecule has 0 spiro atoms. The van der Waals surface area contributed by atoms with Gasteiger partial charge in [0.2, 0.25) is 0 Å². The van der Waals surface area contributed by atoms with Gasteiger partial charge in [-0.3, -0.25) is 0 Å². The van der Waals surface area contributed by atoms with Crippen LogP contribution in [0.2, 0.25) is 0 Å². The van der Waals surface area contributed by atoms with Crippen LogP contribution in [0, 0.1) is 0 Å². The van der Waals surface area contributed by atoms with Gasteiger partial charge in [0.25, 0.3) is 0 Å². The SMILES string of the molecule is O=C(O)[C@H](O)c1ccccc1.[LiH]. The number of aliphatic hydroxyl groups excluding tert-OH is 1. The van der Waals surface area contributed by atoms with Crippen molar-refractivity contribution in [2.45, 2.75) is 6.10 Å². The van der Waals surface area contributed by atoms with Crippen molar-refractivity contribution in [1.29, 1.82) is 0 Å². The van der Waals surface area contributed by atoms with E-state index < -0.39 is 12.1 Å². The second-order valence-corrected chi connectivity index (χ2v) is 2.15. The summed E-state index contributed by atoms with van der Waals surface area (Å²) < 4.78 is 0. The Bertz CT molecular complexity index is 248. The summed E-state index contributed by atoms with van der Waals surface area (Å²) in [5.74, 6) is -1.23. The van der Waals surface area contributed by atoms with Crippen LogP contribution in [0.15, 0.2) is 30.3 Å². The van der Waals surface area contributed by atoms with Gasteiger partial charge in [-0.2, -0.15) is 0 Å². The Balaban J connectivity index is 0.00000121. The Morgan fingerprint density at radius 2 is 1.75 bits per heavy atom. The van der Waals surface area contributed by atoms with Gasteiger partial charge in [0.15, 0.2) is 6.10 Å². The summed E-state index contributed by atoms with van der Waals surface area (Å²) in [5, 5.41) is 17.4. The van der Waals surface area contributed by atoms with E-state index in [1.807, 2.05) is 0 Å². The normalized spacial score (nSPS) is 11.4. The zero-order chi connectivity index (χ0) is 8.27. The van der Waals surface area contributed by atoms with E-state index in [1.54, 1.807) is 30.3 Å². The van der Waals surface area contributed by atoms with E-state index in [0.29, 0.717) is 5.56 Å². The van der Waals surface area contributed by atoms with Crippen LogP contribution in [0.4, 0.5) is 0 Å². The van der Waals surface area contributed by atoms with Crippen molar-refractivity contribution in [3.63, 3.8) is 0 Å². The summed E-state index contributed by atoms with van der Waals surface area (Å²) >= 11 is 0. The molecule has 0 aliphatic rings. The molecule has 1 aromatic rings. The molecule has 0 aromatic heterocycles. The van der Waals surface area contributed by atoms with Crippen LogP contribution in [0.3, 0.4) is 0 Å². The molecular formula is C8H9LiO3. The first-order valence-corrected chi connectivity index (χ1v) is 3.17. The number of hydrogen-bond acceptors (Lipinski definition) is 2. The number of carboxylic acids is 1. The first-order valence-electron chi connectivity index (χ1n) is 3.17. The molecule has 3 nitrogen and oxygen atoms in total. The molecule has 0 aliphatic carbocycles. The van der Waals surface area contributed by atoms with E-state index in [0.717, 1.165) is 0 Å². The predicted molar refractivity (Wildman–Crippen MR) is 46.2 cm³/mol. The van der Waals surface area contributed by atoms with Crippen LogP contribution >= 0.6 is 0 Å². The molecule has 1 aromatic carbocycles. The maximum atomic E-state index is 10.2. The van der Waals surface area contributed by atoms with E-state index in [1.165, 1.54) is 0 Å². The van der Waals surface area contributed by atoms with Gasteiger partial charge in [0, 0.05) is 0 Å². The van der Waals surface area contributed by atoms with Crippen molar-refractivity contribution < 1.29 is 15.0 Å². The van der Waals surface area contributed by atoms with Crippen molar-refractivity contribution in [3.8, 4) is 0 Å². The number of hydrogen-bond donors (Lipinski definition) is 2. The summed E-state index contributed by atoms with van der Waals surface area (Å²) in [6, 6.07) is 8.26. The molecule has 2 N–H and O–H groups in total. The zero-order valence-corrected chi connectivity index (χ0v) is 5.77. The number of carboxylic acid groups (broad SMARTS) is 1. The van der Waals surface area contributed by atoms with Gasteiger partial charge in [0.05, 0.1) is 0 Å². The molecule has 0 saturated carbocycles. The second-order valence-electron chi connectivity index (χ2n) is 2.15. The van der Waals surface area contributed by atoms with Crippen LogP contribution in [-0.4, -0.2) is 35.0 Å². The molecule has 1 atom stereocenters. The minimum atomic E-state index is -1.41. The van der Waals surface area contributed by atoms with E-state index in [-0.39, 0.29) is 18.9 Å². The topological polar surface area (TPSA) is 57.5 Å². The van der Waals surface area contributed by atoms with Gasteiger partial charge >= 0.3 is 24.8 Å². The molecule has 0 radical (unpaired) electrons. The molecule has 60 valence electrons. The summed E-state index contributed by atoms with van der Waals surface area (Å²) in [7, 11) is 0. The third-order valence-electron chi connectivity index (χ3n) is 1.35. The number of aliphatic hydroxyl groups is 1. The zero-order valence-electron chi connectivity index (χ0n) is 5.77.